The van der Waals surface area contributed by atoms with E-state index in [1.165, 1.54) is 5.57 Å². The molecule has 0 aromatic carbocycles. The second-order valence-electron chi connectivity index (χ2n) is 5.53. The third-order valence-corrected chi connectivity index (χ3v) is 3.88. The van der Waals surface area contributed by atoms with Crippen molar-refractivity contribution in [3.63, 3.8) is 0 Å². The average Bonchev–Trinajstić information content (AvgIpc) is 2.35. The van der Waals surface area contributed by atoms with Crippen molar-refractivity contribution in [2.24, 2.45) is 16.9 Å². The second-order valence-corrected chi connectivity index (χ2v) is 5.53. The molecule has 0 saturated carbocycles. The van der Waals surface area contributed by atoms with E-state index in [0.29, 0.717) is 25.7 Å². The van der Waals surface area contributed by atoms with E-state index in [-0.39, 0.29) is 17.2 Å². The molecular weight excluding hydrogens is 240 g/mol. The van der Waals surface area contributed by atoms with Crippen LogP contribution >= 0.6 is 0 Å². The number of amides is 2. The van der Waals surface area contributed by atoms with Gasteiger partial charge in [0.25, 0.3) is 0 Å². The number of carbonyl (C=O) groups is 2. The zero-order valence-corrected chi connectivity index (χ0v) is 12.5. The molecule has 0 aliphatic heterocycles. The van der Waals surface area contributed by atoms with Crippen LogP contribution in [-0.4, -0.2) is 11.8 Å². The summed E-state index contributed by atoms with van der Waals surface area (Å²) in [6.45, 7) is 6.61. The molecule has 0 spiro atoms. The molecule has 19 heavy (non-hydrogen) atoms. The molecule has 0 unspecified atom stereocenters. The van der Waals surface area contributed by atoms with Crippen molar-refractivity contribution in [1.82, 2.24) is 0 Å². The van der Waals surface area contributed by atoms with Crippen LogP contribution in [0.2, 0.25) is 0 Å². The summed E-state index contributed by atoms with van der Waals surface area (Å²) in [7, 11) is 0. The maximum absolute atomic E-state index is 10.9. The molecule has 0 aliphatic rings. The summed E-state index contributed by atoms with van der Waals surface area (Å²) in [6, 6.07) is 0. The lowest BCUT2D eigenvalue weighted by molar-refractivity contribution is -0.118. The van der Waals surface area contributed by atoms with Crippen LogP contribution in [-0.2, 0) is 9.59 Å². The van der Waals surface area contributed by atoms with E-state index in [9.17, 15) is 9.59 Å². The largest absolute Gasteiger partial charge is 0.370 e. The topological polar surface area (TPSA) is 86.2 Å². The molecule has 0 atom stereocenters. The SMILES string of the molecule is CCC(C)(CC)CC(=CCCC(N)=O)CCC(N)=O. The molecule has 0 saturated heterocycles. The highest BCUT2D eigenvalue weighted by Gasteiger charge is 2.21. The van der Waals surface area contributed by atoms with E-state index < -0.39 is 0 Å². The Balaban J connectivity index is 4.64. The first-order valence-corrected chi connectivity index (χ1v) is 7.07. The highest BCUT2D eigenvalue weighted by atomic mass is 16.1. The molecule has 110 valence electrons. The maximum Gasteiger partial charge on any atom is 0.217 e. The van der Waals surface area contributed by atoms with Gasteiger partial charge >= 0.3 is 0 Å². The second kappa shape index (κ2) is 8.73. The fourth-order valence-electron chi connectivity index (χ4n) is 2.01. The van der Waals surface area contributed by atoms with Crippen molar-refractivity contribution in [3.8, 4) is 0 Å². The van der Waals surface area contributed by atoms with Crippen LogP contribution in [0.25, 0.3) is 0 Å². The van der Waals surface area contributed by atoms with Gasteiger partial charge in [0.2, 0.25) is 11.8 Å². The Hall–Kier alpha value is -1.32. The zero-order chi connectivity index (χ0) is 14.9. The van der Waals surface area contributed by atoms with Gasteiger partial charge in [0, 0.05) is 12.8 Å². The summed E-state index contributed by atoms with van der Waals surface area (Å²) in [4.78, 5) is 21.7. The van der Waals surface area contributed by atoms with E-state index in [1.807, 2.05) is 0 Å². The van der Waals surface area contributed by atoms with Crippen LogP contribution in [0.4, 0.5) is 0 Å². The standard InChI is InChI=1S/C15H28N2O2/c1-4-15(3,5-2)11-12(9-10-14(17)19)7-6-8-13(16)18/h7H,4-6,8-11H2,1-3H3,(H2,16,18)(H2,17,19). The van der Waals surface area contributed by atoms with Crippen molar-refractivity contribution in [2.75, 3.05) is 0 Å². The highest BCUT2D eigenvalue weighted by Crippen LogP contribution is 2.34. The molecule has 0 aromatic heterocycles. The normalized spacial score (nSPS) is 12.5. The van der Waals surface area contributed by atoms with Gasteiger partial charge in [0.05, 0.1) is 0 Å². The lowest BCUT2D eigenvalue weighted by Crippen LogP contribution is -2.16. The van der Waals surface area contributed by atoms with E-state index in [0.717, 1.165) is 19.3 Å². The Morgan fingerprint density at radius 1 is 1.00 bits per heavy atom. The number of carbonyl (C=O) groups excluding carboxylic acids is 2. The molecule has 4 N–H and O–H groups in total. The molecule has 0 heterocycles. The molecule has 2 amide bonds. The number of hydrogen-bond donors (Lipinski definition) is 2. The third-order valence-electron chi connectivity index (χ3n) is 3.88. The Labute approximate surface area is 116 Å². The van der Waals surface area contributed by atoms with Crippen LogP contribution in [0.1, 0.15) is 65.7 Å². The predicted molar refractivity (Wildman–Crippen MR) is 78.2 cm³/mol. The van der Waals surface area contributed by atoms with Crippen molar-refractivity contribution in [1.29, 1.82) is 0 Å². The smallest absolute Gasteiger partial charge is 0.217 e. The Morgan fingerprint density at radius 2 is 1.53 bits per heavy atom. The van der Waals surface area contributed by atoms with E-state index in [4.69, 9.17) is 11.5 Å². The summed E-state index contributed by atoms with van der Waals surface area (Å²) >= 11 is 0. The minimum Gasteiger partial charge on any atom is -0.370 e. The molecule has 0 aliphatic carbocycles. The molecule has 0 fully saturated rings. The van der Waals surface area contributed by atoms with Crippen LogP contribution in [0, 0.1) is 5.41 Å². The van der Waals surface area contributed by atoms with Crippen molar-refractivity contribution >= 4 is 11.8 Å². The minimum absolute atomic E-state index is 0.246. The third kappa shape index (κ3) is 8.41. The summed E-state index contributed by atoms with van der Waals surface area (Å²) in [5.41, 5.74) is 11.8. The van der Waals surface area contributed by atoms with Gasteiger partial charge in [-0.15, -0.1) is 0 Å². The average molecular weight is 268 g/mol. The first-order chi connectivity index (χ1) is 8.83. The fourth-order valence-corrected chi connectivity index (χ4v) is 2.01. The van der Waals surface area contributed by atoms with E-state index in [1.54, 1.807) is 0 Å². The Kier molecular flexibility index (Phi) is 8.12. The van der Waals surface area contributed by atoms with Gasteiger partial charge in [0.15, 0.2) is 0 Å². The molecule has 4 heteroatoms. The van der Waals surface area contributed by atoms with Gasteiger partial charge in [-0.25, -0.2) is 0 Å². The lowest BCUT2D eigenvalue weighted by Gasteiger charge is -2.28. The number of rotatable bonds is 10. The maximum atomic E-state index is 10.9. The number of allylic oxidation sites excluding steroid dienone is 2. The van der Waals surface area contributed by atoms with Crippen molar-refractivity contribution < 1.29 is 9.59 Å². The fraction of sp³-hybridized carbons (Fsp3) is 0.733. The van der Waals surface area contributed by atoms with Gasteiger partial charge in [-0.2, -0.15) is 0 Å². The van der Waals surface area contributed by atoms with Gasteiger partial charge in [-0.3, -0.25) is 9.59 Å². The zero-order valence-electron chi connectivity index (χ0n) is 12.5. The molecule has 0 radical (unpaired) electrons. The van der Waals surface area contributed by atoms with Gasteiger partial charge in [0.1, 0.15) is 0 Å². The molecule has 0 aromatic rings. The van der Waals surface area contributed by atoms with Gasteiger partial charge in [-0.05, 0) is 24.7 Å². The molecular formula is C15H28N2O2. The first-order valence-electron chi connectivity index (χ1n) is 7.07. The molecule has 0 rings (SSSR count). The highest BCUT2D eigenvalue weighted by molar-refractivity contribution is 5.74. The quantitative estimate of drug-likeness (QED) is 0.597. The molecule has 4 nitrogen and oxygen atoms in total. The number of hydrogen-bond acceptors (Lipinski definition) is 2. The van der Waals surface area contributed by atoms with Crippen molar-refractivity contribution in [2.45, 2.75) is 65.7 Å². The number of primary amides is 2. The van der Waals surface area contributed by atoms with Crippen LogP contribution in [0.15, 0.2) is 11.6 Å². The van der Waals surface area contributed by atoms with Crippen molar-refractivity contribution in [3.05, 3.63) is 11.6 Å². The van der Waals surface area contributed by atoms with E-state index >= 15 is 0 Å². The lowest BCUT2D eigenvalue weighted by atomic mass is 9.77. The summed E-state index contributed by atoms with van der Waals surface area (Å²) in [5, 5.41) is 0. The Bertz CT molecular complexity index is 331. The van der Waals surface area contributed by atoms with Crippen LogP contribution in [0.3, 0.4) is 0 Å². The van der Waals surface area contributed by atoms with Gasteiger partial charge < -0.3 is 11.5 Å². The van der Waals surface area contributed by atoms with Gasteiger partial charge in [-0.1, -0.05) is 45.3 Å². The summed E-state index contributed by atoms with van der Waals surface area (Å²) < 4.78 is 0. The first kappa shape index (κ1) is 17.7. The van der Waals surface area contributed by atoms with Crippen LogP contribution in [0.5, 0.6) is 0 Å². The monoisotopic (exact) mass is 268 g/mol. The minimum atomic E-state index is -0.292. The molecule has 0 bridgehead atoms. The summed E-state index contributed by atoms with van der Waals surface area (Å²) in [5.74, 6) is -0.574. The van der Waals surface area contributed by atoms with E-state index in [2.05, 4.69) is 26.8 Å². The van der Waals surface area contributed by atoms with Crippen LogP contribution < -0.4 is 11.5 Å². The summed E-state index contributed by atoms with van der Waals surface area (Å²) in [6.07, 6.45) is 7.24. The predicted octanol–water partition coefficient (Wildman–Crippen LogP) is 2.66. The Morgan fingerprint density at radius 3 is 1.95 bits per heavy atom. The number of nitrogens with two attached hydrogens (primary N) is 2.